The zero-order valence-corrected chi connectivity index (χ0v) is 12.1. The van der Waals surface area contributed by atoms with E-state index in [-0.39, 0.29) is 0 Å². The standard InChI is InChI=1S/C17H25NO/c1-3-13-19-17-9-5-4-8-16(17)14(2)7-6-12-18-15-10-11-15/h4-5,7-9,15,18H,3,6,10-13H2,1-2H3/b14-7+. The average Bonchev–Trinajstić information content (AvgIpc) is 3.25. The highest BCUT2D eigenvalue weighted by Crippen LogP contribution is 2.26. The fourth-order valence-electron chi connectivity index (χ4n) is 2.10. The van der Waals surface area contributed by atoms with Crippen molar-refractivity contribution in [2.45, 2.75) is 45.6 Å². The molecule has 0 amide bonds. The number of hydrogen-bond acceptors (Lipinski definition) is 2. The molecular formula is C17H25NO. The molecule has 0 unspecified atom stereocenters. The van der Waals surface area contributed by atoms with Crippen LogP contribution in [0.2, 0.25) is 0 Å². The molecule has 2 rings (SSSR count). The summed E-state index contributed by atoms with van der Waals surface area (Å²) in [4.78, 5) is 0. The number of nitrogens with one attached hydrogen (secondary N) is 1. The highest BCUT2D eigenvalue weighted by atomic mass is 16.5. The molecule has 0 atom stereocenters. The van der Waals surface area contributed by atoms with Crippen molar-refractivity contribution < 1.29 is 4.74 Å². The van der Waals surface area contributed by atoms with Gasteiger partial charge in [0, 0.05) is 11.6 Å². The minimum atomic E-state index is 0.785. The van der Waals surface area contributed by atoms with Gasteiger partial charge < -0.3 is 10.1 Å². The van der Waals surface area contributed by atoms with Crippen LogP contribution >= 0.6 is 0 Å². The number of hydrogen-bond donors (Lipinski definition) is 1. The molecule has 0 saturated heterocycles. The quantitative estimate of drug-likeness (QED) is 0.712. The minimum Gasteiger partial charge on any atom is -0.493 e. The molecule has 104 valence electrons. The topological polar surface area (TPSA) is 21.3 Å². The second-order valence-electron chi connectivity index (χ2n) is 5.25. The van der Waals surface area contributed by atoms with Crippen molar-refractivity contribution in [1.82, 2.24) is 5.32 Å². The van der Waals surface area contributed by atoms with Crippen LogP contribution in [-0.2, 0) is 0 Å². The monoisotopic (exact) mass is 259 g/mol. The number of para-hydroxylation sites is 1. The van der Waals surface area contributed by atoms with Crippen LogP contribution < -0.4 is 10.1 Å². The molecule has 0 heterocycles. The summed E-state index contributed by atoms with van der Waals surface area (Å²) in [6.07, 6.45) is 7.16. The first-order valence-electron chi connectivity index (χ1n) is 7.43. The third-order valence-electron chi connectivity index (χ3n) is 3.38. The van der Waals surface area contributed by atoms with Gasteiger partial charge in [0.2, 0.25) is 0 Å². The molecule has 2 heteroatoms. The van der Waals surface area contributed by atoms with Crippen molar-refractivity contribution in [2.75, 3.05) is 13.2 Å². The van der Waals surface area contributed by atoms with Gasteiger partial charge in [-0.2, -0.15) is 0 Å². The highest BCUT2D eigenvalue weighted by Gasteiger charge is 2.19. The minimum absolute atomic E-state index is 0.785. The largest absolute Gasteiger partial charge is 0.493 e. The maximum atomic E-state index is 5.81. The van der Waals surface area contributed by atoms with E-state index in [0.717, 1.165) is 37.8 Å². The smallest absolute Gasteiger partial charge is 0.126 e. The molecule has 1 aliphatic rings. The van der Waals surface area contributed by atoms with Crippen molar-refractivity contribution in [1.29, 1.82) is 0 Å². The third-order valence-corrected chi connectivity index (χ3v) is 3.38. The van der Waals surface area contributed by atoms with Gasteiger partial charge in [0.15, 0.2) is 0 Å². The van der Waals surface area contributed by atoms with Gasteiger partial charge in [-0.25, -0.2) is 0 Å². The zero-order valence-electron chi connectivity index (χ0n) is 12.1. The fourth-order valence-corrected chi connectivity index (χ4v) is 2.10. The molecule has 0 spiro atoms. The predicted molar refractivity (Wildman–Crippen MR) is 81.5 cm³/mol. The second kappa shape index (κ2) is 7.34. The highest BCUT2D eigenvalue weighted by molar-refractivity contribution is 5.68. The van der Waals surface area contributed by atoms with E-state index >= 15 is 0 Å². The molecule has 0 radical (unpaired) electrons. The Kier molecular flexibility index (Phi) is 5.46. The van der Waals surface area contributed by atoms with E-state index < -0.39 is 0 Å². The van der Waals surface area contributed by atoms with Crippen LogP contribution in [0.1, 0.15) is 45.1 Å². The lowest BCUT2D eigenvalue weighted by atomic mass is 10.1. The second-order valence-corrected chi connectivity index (χ2v) is 5.25. The summed E-state index contributed by atoms with van der Waals surface area (Å²) in [5.74, 6) is 1.01. The number of ether oxygens (including phenoxy) is 1. The Morgan fingerprint density at radius 1 is 1.37 bits per heavy atom. The van der Waals surface area contributed by atoms with E-state index in [1.807, 2.05) is 6.07 Å². The summed E-state index contributed by atoms with van der Waals surface area (Å²) < 4.78 is 5.81. The maximum Gasteiger partial charge on any atom is 0.126 e. The van der Waals surface area contributed by atoms with E-state index in [1.54, 1.807) is 0 Å². The Balaban J connectivity index is 1.91. The van der Waals surface area contributed by atoms with Crippen molar-refractivity contribution in [3.8, 4) is 5.75 Å². The van der Waals surface area contributed by atoms with Crippen LogP contribution in [0.3, 0.4) is 0 Å². The molecule has 0 bridgehead atoms. The number of rotatable bonds is 8. The molecular weight excluding hydrogens is 234 g/mol. The predicted octanol–water partition coefficient (Wildman–Crippen LogP) is 4.02. The van der Waals surface area contributed by atoms with Crippen LogP contribution in [0.15, 0.2) is 30.3 Å². The fraction of sp³-hybridized carbons (Fsp3) is 0.529. The van der Waals surface area contributed by atoms with Gasteiger partial charge in [-0.3, -0.25) is 0 Å². The summed E-state index contributed by atoms with van der Waals surface area (Å²) in [5.41, 5.74) is 2.53. The third kappa shape index (κ3) is 4.71. The SMILES string of the molecule is CCCOc1ccccc1/C(C)=C/CCNC1CC1. The van der Waals surface area contributed by atoms with E-state index in [2.05, 4.69) is 43.4 Å². The Morgan fingerprint density at radius 2 is 2.16 bits per heavy atom. The molecule has 0 aliphatic heterocycles. The van der Waals surface area contributed by atoms with E-state index in [9.17, 15) is 0 Å². The van der Waals surface area contributed by atoms with Crippen LogP contribution in [-0.4, -0.2) is 19.2 Å². The van der Waals surface area contributed by atoms with Gasteiger partial charge in [0.05, 0.1) is 6.61 Å². The van der Waals surface area contributed by atoms with Crippen molar-refractivity contribution >= 4 is 5.57 Å². The summed E-state index contributed by atoms with van der Waals surface area (Å²) in [6, 6.07) is 9.12. The molecule has 1 fully saturated rings. The Morgan fingerprint density at radius 3 is 2.89 bits per heavy atom. The molecule has 1 N–H and O–H groups in total. The number of allylic oxidation sites excluding steroid dienone is 1. The Hall–Kier alpha value is -1.28. The molecule has 1 aliphatic carbocycles. The molecule has 1 aromatic carbocycles. The van der Waals surface area contributed by atoms with Crippen molar-refractivity contribution in [3.05, 3.63) is 35.9 Å². The van der Waals surface area contributed by atoms with Gasteiger partial charge >= 0.3 is 0 Å². The maximum absolute atomic E-state index is 5.81. The Bertz CT molecular complexity index is 421. The molecule has 0 aromatic heterocycles. The summed E-state index contributed by atoms with van der Waals surface area (Å²) >= 11 is 0. The lowest BCUT2D eigenvalue weighted by Gasteiger charge is -2.11. The van der Waals surface area contributed by atoms with Crippen molar-refractivity contribution in [2.24, 2.45) is 0 Å². The first-order valence-corrected chi connectivity index (χ1v) is 7.43. The Labute approximate surface area is 116 Å². The van der Waals surface area contributed by atoms with Gasteiger partial charge in [-0.15, -0.1) is 0 Å². The normalized spacial score (nSPS) is 15.6. The van der Waals surface area contributed by atoms with Crippen LogP contribution in [0.4, 0.5) is 0 Å². The molecule has 1 aromatic rings. The zero-order chi connectivity index (χ0) is 13.5. The first-order chi connectivity index (χ1) is 9.31. The lowest BCUT2D eigenvalue weighted by molar-refractivity contribution is 0.316. The van der Waals surface area contributed by atoms with E-state index in [1.165, 1.54) is 24.0 Å². The number of benzene rings is 1. The van der Waals surface area contributed by atoms with Crippen LogP contribution in [0.5, 0.6) is 5.75 Å². The van der Waals surface area contributed by atoms with E-state index in [0.29, 0.717) is 0 Å². The summed E-state index contributed by atoms with van der Waals surface area (Å²) in [5, 5.41) is 3.54. The summed E-state index contributed by atoms with van der Waals surface area (Å²) in [7, 11) is 0. The average molecular weight is 259 g/mol. The van der Waals surface area contributed by atoms with E-state index in [4.69, 9.17) is 4.74 Å². The van der Waals surface area contributed by atoms with Crippen LogP contribution in [0, 0.1) is 0 Å². The molecule has 1 saturated carbocycles. The van der Waals surface area contributed by atoms with Gasteiger partial charge in [-0.05, 0) is 50.8 Å². The van der Waals surface area contributed by atoms with Gasteiger partial charge in [0.1, 0.15) is 5.75 Å². The van der Waals surface area contributed by atoms with Gasteiger partial charge in [-0.1, -0.05) is 31.2 Å². The van der Waals surface area contributed by atoms with Crippen molar-refractivity contribution in [3.63, 3.8) is 0 Å². The molecule has 2 nitrogen and oxygen atoms in total. The first kappa shape index (κ1) is 14.1. The summed E-state index contributed by atoms with van der Waals surface area (Å²) in [6.45, 7) is 6.17. The lowest BCUT2D eigenvalue weighted by Crippen LogP contribution is -2.16. The van der Waals surface area contributed by atoms with Crippen LogP contribution in [0.25, 0.3) is 5.57 Å². The van der Waals surface area contributed by atoms with Gasteiger partial charge in [0.25, 0.3) is 0 Å². The molecule has 19 heavy (non-hydrogen) atoms.